The minimum absolute atomic E-state index is 0.0597. The Hall–Kier alpha value is -1.83. The van der Waals surface area contributed by atoms with Crippen molar-refractivity contribution in [2.24, 2.45) is 0 Å². The van der Waals surface area contributed by atoms with Gasteiger partial charge in [-0.3, -0.25) is 10.1 Å². The molecule has 0 bridgehead atoms. The number of nitrogens with zero attached hydrogens (tertiary/aromatic N) is 1. The molecule has 0 aromatic heterocycles. The van der Waals surface area contributed by atoms with Crippen molar-refractivity contribution in [1.29, 1.82) is 0 Å². The zero-order valence-electron chi connectivity index (χ0n) is 10.4. The quantitative estimate of drug-likeness (QED) is 0.641. The predicted octanol–water partition coefficient (Wildman–Crippen LogP) is 2.63. The summed E-state index contributed by atoms with van der Waals surface area (Å²) in [6, 6.07) is 2.93. The summed E-state index contributed by atoms with van der Waals surface area (Å²) in [6.45, 7) is 2.26. The van der Waals surface area contributed by atoms with Crippen molar-refractivity contribution in [1.82, 2.24) is 5.32 Å². The second-order valence-corrected chi connectivity index (χ2v) is 4.06. The van der Waals surface area contributed by atoms with Crippen molar-refractivity contribution >= 4 is 11.4 Å². The van der Waals surface area contributed by atoms with Crippen molar-refractivity contribution in [2.45, 2.75) is 19.1 Å². The highest BCUT2D eigenvalue weighted by molar-refractivity contribution is 5.55. The molecule has 0 spiro atoms. The van der Waals surface area contributed by atoms with E-state index in [1.54, 1.807) is 7.05 Å². The highest BCUT2D eigenvalue weighted by Gasteiger charge is 2.38. The first kappa shape index (κ1) is 15.2. The number of hydrogen-bond donors (Lipinski definition) is 2. The van der Waals surface area contributed by atoms with Crippen molar-refractivity contribution in [3.05, 3.63) is 33.9 Å². The number of nitro groups is 1. The lowest BCUT2D eigenvalue weighted by Gasteiger charge is -2.14. The Morgan fingerprint density at radius 2 is 2.05 bits per heavy atom. The molecule has 0 saturated heterocycles. The lowest BCUT2D eigenvalue weighted by atomic mass is 10.1. The van der Waals surface area contributed by atoms with Gasteiger partial charge in [0.2, 0.25) is 0 Å². The fourth-order valence-electron chi connectivity index (χ4n) is 1.41. The van der Waals surface area contributed by atoms with Crippen LogP contribution in [0, 0.1) is 10.1 Å². The van der Waals surface area contributed by atoms with Gasteiger partial charge in [0.05, 0.1) is 4.92 Å². The monoisotopic (exact) mass is 277 g/mol. The van der Waals surface area contributed by atoms with Crippen LogP contribution in [0.3, 0.4) is 0 Å². The highest BCUT2D eigenvalue weighted by Crippen LogP contribution is 2.37. The molecule has 0 saturated carbocycles. The summed E-state index contributed by atoms with van der Waals surface area (Å²) < 4.78 is 38.1. The molecule has 1 aromatic rings. The summed E-state index contributed by atoms with van der Waals surface area (Å²) in [4.78, 5) is 9.53. The number of nitro benzene ring substituents is 1. The Bertz CT molecular complexity index is 463. The van der Waals surface area contributed by atoms with Crippen LogP contribution in [-0.4, -0.2) is 24.6 Å². The van der Waals surface area contributed by atoms with Crippen LogP contribution >= 0.6 is 0 Å². The van der Waals surface area contributed by atoms with Crippen molar-refractivity contribution in [3.8, 4) is 0 Å². The van der Waals surface area contributed by atoms with Crippen LogP contribution in [0.25, 0.3) is 0 Å². The number of hydrogen-bond acceptors (Lipinski definition) is 4. The third kappa shape index (κ3) is 4.09. The van der Waals surface area contributed by atoms with E-state index in [9.17, 15) is 23.3 Å². The Morgan fingerprint density at radius 1 is 1.42 bits per heavy atom. The standard InChI is InChI=1S/C11H14F3N3O2/c1-7(15-2)6-16-8-3-4-10(17(18)19)9(5-8)11(12,13)14/h3-5,7,15-16H,6H2,1-2H3. The average molecular weight is 277 g/mol. The van der Waals surface area contributed by atoms with E-state index in [1.165, 1.54) is 6.07 Å². The third-order valence-corrected chi connectivity index (χ3v) is 2.60. The molecule has 0 fully saturated rings. The van der Waals surface area contributed by atoms with Gasteiger partial charge in [-0.15, -0.1) is 0 Å². The van der Waals surface area contributed by atoms with Gasteiger partial charge >= 0.3 is 6.18 Å². The first-order chi connectivity index (χ1) is 8.75. The van der Waals surface area contributed by atoms with Crippen molar-refractivity contribution in [2.75, 3.05) is 18.9 Å². The van der Waals surface area contributed by atoms with Crippen LogP contribution in [-0.2, 0) is 6.18 Å². The zero-order valence-corrected chi connectivity index (χ0v) is 10.4. The largest absolute Gasteiger partial charge is 0.423 e. The van der Waals surface area contributed by atoms with E-state index in [1.807, 2.05) is 6.92 Å². The van der Waals surface area contributed by atoms with Gasteiger partial charge in [0.25, 0.3) is 5.69 Å². The maximum absolute atomic E-state index is 12.7. The van der Waals surface area contributed by atoms with E-state index in [-0.39, 0.29) is 11.7 Å². The van der Waals surface area contributed by atoms with Crippen molar-refractivity contribution < 1.29 is 18.1 Å². The molecule has 5 nitrogen and oxygen atoms in total. The van der Waals surface area contributed by atoms with Gasteiger partial charge in [0.1, 0.15) is 5.56 Å². The number of benzene rings is 1. The van der Waals surface area contributed by atoms with Crippen LogP contribution in [0.1, 0.15) is 12.5 Å². The molecule has 0 radical (unpaired) electrons. The molecule has 0 aliphatic rings. The SMILES string of the molecule is CNC(C)CNc1ccc([N+](=O)[O-])c(C(F)(F)F)c1. The van der Waals surface area contributed by atoms with E-state index in [0.717, 1.165) is 12.1 Å². The molecule has 1 atom stereocenters. The summed E-state index contributed by atoms with van der Waals surface area (Å²) in [5, 5.41) is 16.3. The normalized spacial score (nSPS) is 13.1. The van der Waals surface area contributed by atoms with Gasteiger partial charge in [0, 0.05) is 24.3 Å². The predicted molar refractivity (Wildman–Crippen MR) is 65.1 cm³/mol. The van der Waals surface area contributed by atoms with E-state index >= 15 is 0 Å². The van der Waals surface area contributed by atoms with E-state index in [0.29, 0.717) is 6.54 Å². The number of nitrogens with one attached hydrogen (secondary N) is 2. The van der Waals surface area contributed by atoms with Crippen LogP contribution in [0.5, 0.6) is 0 Å². The van der Waals surface area contributed by atoms with Gasteiger partial charge in [-0.25, -0.2) is 0 Å². The fourth-order valence-corrected chi connectivity index (χ4v) is 1.41. The van der Waals surface area contributed by atoms with Crippen LogP contribution in [0.2, 0.25) is 0 Å². The topological polar surface area (TPSA) is 67.2 Å². The number of rotatable bonds is 5. The summed E-state index contributed by atoms with van der Waals surface area (Å²) >= 11 is 0. The van der Waals surface area contributed by atoms with E-state index in [2.05, 4.69) is 10.6 Å². The lowest BCUT2D eigenvalue weighted by molar-refractivity contribution is -0.388. The molecular weight excluding hydrogens is 263 g/mol. The summed E-state index contributed by atoms with van der Waals surface area (Å²) in [7, 11) is 1.73. The van der Waals surface area contributed by atoms with Crippen LogP contribution in [0.4, 0.5) is 24.5 Å². The minimum Gasteiger partial charge on any atom is -0.383 e. The van der Waals surface area contributed by atoms with E-state index in [4.69, 9.17) is 0 Å². The summed E-state index contributed by atoms with van der Waals surface area (Å²) in [6.07, 6.45) is -4.76. The van der Waals surface area contributed by atoms with Gasteiger partial charge in [-0.1, -0.05) is 0 Å². The highest BCUT2D eigenvalue weighted by atomic mass is 19.4. The Morgan fingerprint density at radius 3 is 2.53 bits per heavy atom. The Labute approximate surface area is 108 Å². The number of halogens is 3. The first-order valence-electron chi connectivity index (χ1n) is 5.52. The van der Waals surface area contributed by atoms with Gasteiger partial charge in [-0.2, -0.15) is 13.2 Å². The number of likely N-dealkylation sites (N-methyl/N-ethyl adjacent to an activating group) is 1. The molecule has 106 valence electrons. The smallest absolute Gasteiger partial charge is 0.383 e. The molecular formula is C11H14F3N3O2. The second-order valence-electron chi connectivity index (χ2n) is 4.06. The van der Waals surface area contributed by atoms with Gasteiger partial charge in [-0.05, 0) is 26.1 Å². The summed E-state index contributed by atoms with van der Waals surface area (Å²) in [5.74, 6) is 0. The molecule has 19 heavy (non-hydrogen) atoms. The molecule has 0 heterocycles. The molecule has 1 unspecified atom stereocenters. The average Bonchev–Trinajstić information content (AvgIpc) is 2.34. The van der Waals surface area contributed by atoms with Crippen LogP contribution < -0.4 is 10.6 Å². The third-order valence-electron chi connectivity index (χ3n) is 2.60. The van der Waals surface area contributed by atoms with Crippen molar-refractivity contribution in [3.63, 3.8) is 0 Å². The Balaban J connectivity index is 3.02. The molecule has 0 amide bonds. The molecule has 1 rings (SSSR count). The number of alkyl halides is 3. The maximum Gasteiger partial charge on any atom is 0.423 e. The van der Waals surface area contributed by atoms with E-state index < -0.39 is 22.4 Å². The molecule has 2 N–H and O–H groups in total. The molecule has 8 heteroatoms. The zero-order chi connectivity index (χ0) is 14.6. The Kier molecular flexibility index (Phi) is 4.71. The minimum atomic E-state index is -4.76. The summed E-state index contributed by atoms with van der Waals surface area (Å²) in [5.41, 5.74) is -2.00. The fraction of sp³-hybridized carbons (Fsp3) is 0.455. The number of anilines is 1. The molecule has 0 aliphatic carbocycles. The first-order valence-corrected chi connectivity index (χ1v) is 5.52. The second kappa shape index (κ2) is 5.87. The molecule has 0 aliphatic heterocycles. The maximum atomic E-state index is 12.7. The van der Waals surface area contributed by atoms with Gasteiger partial charge < -0.3 is 10.6 Å². The van der Waals surface area contributed by atoms with Gasteiger partial charge in [0.15, 0.2) is 0 Å². The van der Waals surface area contributed by atoms with Crippen LogP contribution in [0.15, 0.2) is 18.2 Å². The molecule has 1 aromatic carbocycles. The lowest BCUT2D eigenvalue weighted by Crippen LogP contribution is -2.29.